The van der Waals surface area contributed by atoms with E-state index in [1.807, 2.05) is 5.32 Å². The van der Waals surface area contributed by atoms with Gasteiger partial charge < -0.3 is 5.32 Å². The lowest BCUT2D eigenvalue weighted by atomic mass is 10.2. The normalized spacial score (nSPS) is 11.3. The molecule has 0 aliphatic carbocycles. The van der Waals surface area contributed by atoms with E-state index in [4.69, 9.17) is 0 Å². The Morgan fingerprint density at radius 2 is 2.12 bits per heavy atom. The molecule has 0 aromatic heterocycles. The summed E-state index contributed by atoms with van der Waals surface area (Å²) >= 11 is 1.72. The molecular weight excluding hydrogens is 334 g/mol. The lowest BCUT2D eigenvalue weighted by Gasteiger charge is -2.11. The van der Waals surface area contributed by atoms with Gasteiger partial charge in [0.1, 0.15) is 5.82 Å². The van der Waals surface area contributed by atoms with Gasteiger partial charge >= 0.3 is 0 Å². The van der Waals surface area contributed by atoms with Crippen LogP contribution >= 0.6 is 22.6 Å². The van der Waals surface area contributed by atoms with Crippen LogP contribution in [0.5, 0.6) is 0 Å². The molecule has 0 aliphatic heterocycles. The first-order valence-electron chi connectivity index (χ1n) is 4.41. The van der Waals surface area contributed by atoms with Crippen LogP contribution in [-0.4, -0.2) is 18.4 Å². The quantitative estimate of drug-likeness (QED) is 0.841. The molecule has 0 heterocycles. The summed E-state index contributed by atoms with van der Waals surface area (Å²) in [7, 11) is 0. The lowest BCUT2D eigenvalue weighted by molar-refractivity contribution is 0.0220. The van der Waals surface area contributed by atoms with Gasteiger partial charge in [-0.15, -0.1) is 0 Å². The molecule has 0 atom stereocenters. The minimum absolute atomic E-state index is 0.226. The Kier molecular flexibility index (Phi) is 4.17. The molecule has 6 heteroatoms. The van der Waals surface area contributed by atoms with Gasteiger partial charge in [0.25, 0.3) is 11.8 Å². The summed E-state index contributed by atoms with van der Waals surface area (Å²) in [6.45, 7) is -0.130. The molecule has 1 N–H and O–H groups in total. The van der Waals surface area contributed by atoms with Gasteiger partial charge in [0.05, 0.1) is 12.1 Å². The van der Waals surface area contributed by atoms with Crippen molar-refractivity contribution >= 4 is 28.5 Å². The van der Waals surface area contributed by atoms with Gasteiger partial charge in [-0.2, -0.15) is 0 Å². The molecule has 88 valence electrons. The first kappa shape index (κ1) is 13.3. The lowest BCUT2D eigenvalue weighted by Crippen LogP contribution is -2.35. The number of amides is 1. The Hall–Kier alpha value is -0.790. The number of nitrogens with one attached hydrogen (secondary N) is 1. The number of hydrogen-bond acceptors (Lipinski definition) is 1. The van der Waals surface area contributed by atoms with Gasteiger partial charge in [-0.3, -0.25) is 4.79 Å². The third-order valence-electron chi connectivity index (χ3n) is 1.76. The largest absolute Gasteiger partial charge is 0.346 e. The van der Waals surface area contributed by atoms with Crippen LogP contribution in [0, 0.1) is 9.39 Å². The summed E-state index contributed by atoms with van der Waals surface area (Å²) in [6.07, 6.45) is 0. The standard InChI is InChI=1S/C10H9F3INO/c1-10(12,13)5-15-9(16)6-3-2-4-7(14)8(6)11/h2-4H,5H2,1H3,(H,15,16). The smallest absolute Gasteiger partial charge is 0.262 e. The summed E-state index contributed by atoms with van der Waals surface area (Å²) < 4.78 is 38.6. The maximum Gasteiger partial charge on any atom is 0.262 e. The molecule has 0 unspecified atom stereocenters. The van der Waals surface area contributed by atoms with Crippen LogP contribution in [0.25, 0.3) is 0 Å². The second-order valence-electron chi connectivity index (χ2n) is 3.35. The van der Waals surface area contributed by atoms with Crippen molar-refractivity contribution in [2.24, 2.45) is 0 Å². The van der Waals surface area contributed by atoms with Gasteiger partial charge in [-0.25, -0.2) is 13.2 Å². The van der Waals surface area contributed by atoms with Crippen molar-refractivity contribution in [2.45, 2.75) is 12.8 Å². The Balaban J connectivity index is 2.78. The van der Waals surface area contributed by atoms with Crippen molar-refractivity contribution in [1.29, 1.82) is 0 Å². The zero-order valence-electron chi connectivity index (χ0n) is 8.36. The van der Waals surface area contributed by atoms with E-state index in [1.54, 1.807) is 22.6 Å². The molecule has 1 aromatic rings. The van der Waals surface area contributed by atoms with Gasteiger partial charge in [0.15, 0.2) is 0 Å². The van der Waals surface area contributed by atoms with Crippen molar-refractivity contribution < 1.29 is 18.0 Å². The van der Waals surface area contributed by atoms with Crippen LogP contribution in [0.2, 0.25) is 0 Å². The van der Waals surface area contributed by atoms with Crippen LogP contribution in [0.3, 0.4) is 0 Å². The highest BCUT2D eigenvalue weighted by Crippen LogP contribution is 2.15. The number of halogens is 4. The first-order chi connectivity index (χ1) is 7.31. The van der Waals surface area contributed by atoms with Gasteiger partial charge in [-0.1, -0.05) is 6.07 Å². The molecule has 0 spiro atoms. The number of rotatable bonds is 3. The first-order valence-corrected chi connectivity index (χ1v) is 5.49. The molecule has 0 saturated carbocycles. The van der Waals surface area contributed by atoms with Crippen molar-refractivity contribution in [3.63, 3.8) is 0 Å². The predicted octanol–water partition coefficient (Wildman–Crippen LogP) is 2.82. The molecule has 0 radical (unpaired) electrons. The second kappa shape index (κ2) is 5.03. The number of benzene rings is 1. The molecular formula is C10H9F3INO. The topological polar surface area (TPSA) is 29.1 Å². The predicted molar refractivity (Wildman–Crippen MR) is 62.1 cm³/mol. The van der Waals surface area contributed by atoms with E-state index in [2.05, 4.69) is 0 Å². The molecule has 1 rings (SSSR count). The van der Waals surface area contributed by atoms with Gasteiger partial charge in [-0.05, 0) is 34.7 Å². The van der Waals surface area contributed by atoms with E-state index in [0.29, 0.717) is 6.92 Å². The van der Waals surface area contributed by atoms with Gasteiger partial charge in [0, 0.05) is 10.5 Å². The Morgan fingerprint density at radius 3 is 2.69 bits per heavy atom. The van der Waals surface area contributed by atoms with E-state index in [0.717, 1.165) is 0 Å². The third kappa shape index (κ3) is 3.66. The number of carbonyl (C=O) groups excluding carboxylic acids is 1. The second-order valence-corrected chi connectivity index (χ2v) is 4.52. The van der Waals surface area contributed by atoms with Crippen LogP contribution in [0.1, 0.15) is 17.3 Å². The highest BCUT2D eigenvalue weighted by atomic mass is 127. The average Bonchev–Trinajstić information content (AvgIpc) is 2.17. The third-order valence-corrected chi connectivity index (χ3v) is 2.59. The molecule has 0 aliphatic rings. The molecule has 0 bridgehead atoms. The zero-order valence-corrected chi connectivity index (χ0v) is 10.5. The fraction of sp³-hybridized carbons (Fsp3) is 0.300. The van der Waals surface area contributed by atoms with Crippen molar-refractivity contribution in [3.05, 3.63) is 33.1 Å². The van der Waals surface area contributed by atoms with Crippen molar-refractivity contribution in [2.75, 3.05) is 6.54 Å². The zero-order chi connectivity index (χ0) is 12.3. The Morgan fingerprint density at radius 1 is 1.50 bits per heavy atom. The highest BCUT2D eigenvalue weighted by Gasteiger charge is 2.23. The SMILES string of the molecule is CC(F)(F)CNC(=O)c1cccc(I)c1F. The molecule has 1 aromatic carbocycles. The van der Waals surface area contributed by atoms with E-state index in [-0.39, 0.29) is 9.13 Å². The van der Waals surface area contributed by atoms with E-state index < -0.39 is 24.2 Å². The number of alkyl halides is 2. The number of hydrogen-bond donors (Lipinski definition) is 1. The van der Waals surface area contributed by atoms with Crippen LogP contribution in [-0.2, 0) is 0 Å². The van der Waals surface area contributed by atoms with E-state index >= 15 is 0 Å². The van der Waals surface area contributed by atoms with E-state index in [9.17, 15) is 18.0 Å². The fourth-order valence-electron chi connectivity index (χ4n) is 1.01. The molecule has 2 nitrogen and oxygen atoms in total. The van der Waals surface area contributed by atoms with Crippen molar-refractivity contribution in [1.82, 2.24) is 5.32 Å². The monoisotopic (exact) mass is 343 g/mol. The summed E-state index contributed by atoms with van der Waals surface area (Å²) in [5, 5.41) is 1.97. The van der Waals surface area contributed by atoms with Crippen molar-refractivity contribution in [3.8, 4) is 0 Å². The Labute approximate surface area is 104 Å². The molecule has 0 fully saturated rings. The minimum atomic E-state index is -3.01. The summed E-state index contributed by atoms with van der Waals surface area (Å²) in [6, 6.07) is 4.23. The van der Waals surface area contributed by atoms with Crippen LogP contribution in [0.15, 0.2) is 18.2 Å². The minimum Gasteiger partial charge on any atom is -0.346 e. The number of carbonyl (C=O) groups is 1. The fourth-order valence-corrected chi connectivity index (χ4v) is 1.51. The maximum atomic E-state index is 13.4. The summed E-state index contributed by atoms with van der Waals surface area (Å²) in [4.78, 5) is 11.4. The highest BCUT2D eigenvalue weighted by molar-refractivity contribution is 14.1. The molecule has 1 amide bonds. The average molecular weight is 343 g/mol. The molecule has 16 heavy (non-hydrogen) atoms. The Bertz CT molecular complexity index is 404. The van der Waals surface area contributed by atoms with Gasteiger partial charge in [0.2, 0.25) is 0 Å². The summed E-state index contributed by atoms with van der Waals surface area (Å²) in [5.41, 5.74) is -0.226. The van der Waals surface area contributed by atoms with Crippen LogP contribution in [0.4, 0.5) is 13.2 Å². The van der Waals surface area contributed by atoms with E-state index in [1.165, 1.54) is 18.2 Å². The molecule has 0 saturated heterocycles. The van der Waals surface area contributed by atoms with Crippen LogP contribution < -0.4 is 5.32 Å². The maximum absolute atomic E-state index is 13.4. The summed E-state index contributed by atoms with van der Waals surface area (Å²) in [5.74, 6) is -4.54.